The van der Waals surface area contributed by atoms with Crippen LogP contribution in [0, 0.1) is 0 Å². The van der Waals surface area contributed by atoms with Crippen LogP contribution in [-0.2, 0) is 0 Å². The molecule has 1 heterocycles. The number of hydrogen-bond acceptors (Lipinski definition) is 2. The lowest BCUT2D eigenvalue weighted by Gasteiger charge is -2.12. The van der Waals surface area contributed by atoms with E-state index >= 15 is 0 Å². The molecule has 6 rings (SSSR count). The molecule has 0 N–H and O–H groups in total. The summed E-state index contributed by atoms with van der Waals surface area (Å²) in [5.41, 5.74) is 5.03. The van der Waals surface area contributed by atoms with E-state index in [-0.39, 0.29) is 0 Å². The highest BCUT2D eigenvalue weighted by molar-refractivity contribution is 6.29. The lowest BCUT2D eigenvalue weighted by atomic mass is 9.94. The highest BCUT2D eigenvalue weighted by atomic mass is 35.5. The Morgan fingerprint density at radius 3 is 2.06 bits per heavy atom. The Labute approximate surface area is 197 Å². The van der Waals surface area contributed by atoms with Crippen molar-refractivity contribution in [3.63, 3.8) is 0 Å². The summed E-state index contributed by atoms with van der Waals surface area (Å²) in [4.78, 5) is 9.32. The molecule has 0 aliphatic heterocycles. The van der Waals surface area contributed by atoms with E-state index in [4.69, 9.17) is 16.6 Å². The zero-order valence-electron chi connectivity index (χ0n) is 17.7. The van der Waals surface area contributed by atoms with E-state index in [0.29, 0.717) is 11.0 Å². The summed E-state index contributed by atoms with van der Waals surface area (Å²) in [6.45, 7) is 0. The third-order valence-corrected chi connectivity index (χ3v) is 6.18. The van der Waals surface area contributed by atoms with Crippen molar-refractivity contribution in [2.45, 2.75) is 0 Å². The molecule has 0 unspecified atom stereocenters. The molecule has 6 aromatic rings. The number of fused-ring (bicyclic) bond motifs is 3. The molecule has 33 heavy (non-hydrogen) atoms. The van der Waals surface area contributed by atoms with Gasteiger partial charge in [0, 0.05) is 17.2 Å². The SMILES string of the molecule is Clc1cc(-c2ccccc2-c2ccc3c(ccc4ccccc43)c2)nc(-c2ccccc2)n1. The van der Waals surface area contributed by atoms with Gasteiger partial charge in [0.25, 0.3) is 0 Å². The van der Waals surface area contributed by atoms with Gasteiger partial charge in [0.1, 0.15) is 5.15 Å². The van der Waals surface area contributed by atoms with Crippen LogP contribution < -0.4 is 0 Å². The molecule has 0 amide bonds. The minimum Gasteiger partial charge on any atom is -0.228 e. The van der Waals surface area contributed by atoms with Crippen LogP contribution in [-0.4, -0.2) is 9.97 Å². The molecule has 0 atom stereocenters. The molecule has 0 aliphatic rings. The molecular formula is C30H19ClN2. The highest BCUT2D eigenvalue weighted by Gasteiger charge is 2.13. The Kier molecular flexibility index (Phi) is 4.86. The number of halogens is 1. The first-order valence-electron chi connectivity index (χ1n) is 10.9. The van der Waals surface area contributed by atoms with Crippen LogP contribution in [0.1, 0.15) is 0 Å². The van der Waals surface area contributed by atoms with E-state index in [0.717, 1.165) is 27.9 Å². The molecule has 5 aromatic carbocycles. The molecule has 0 radical (unpaired) electrons. The van der Waals surface area contributed by atoms with Gasteiger partial charge in [0.15, 0.2) is 5.82 Å². The fourth-order valence-corrected chi connectivity index (χ4v) is 4.59. The normalized spacial score (nSPS) is 11.2. The molecule has 0 saturated carbocycles. The largest absolute Gasteiger partial charge is 0.228 e. The van der Waals surface area contributed by atoms with Gasteiger partial charge >= 0.3 is 0 Å². The molecule has 0 fully saturated rings. The van der Waals surface area contributed by atoms with Crippen molar-refractivity contribution < 1.29 is 0 Å². The smallest absolute Gasteiger partial charge is 0.161 e. The van der Waals surface area contributed by atoms with Crippen LogP contribution in [0.25, 0.3) is 55.3 Å². The van der Waals surface area contributed by atoms with Crippen LogP contribution >= 0.6 is 11.6 Å². The second-order valence-corrected chi connectivity index (χ2v) is 8.42. The molecule has 0 aliphatic carbocycles. The summed E-state index contributed by atoms with van der Waals surface area (Å²) in [7, 11) is 0. The third kappa shape index (κ3) is 3.65. The fraction of sp³-hybridized carbons (Fsp3) is 0. The second-order valence-electron chi connectivity index (χ2n) is 8.03. The van der Waals surface area contributed by atoms with Gasteiger partial charge in [-0.3, -0.25) is 0 Å². The molecule has 2 nitrogen and oxygen atoms in total. The maximum Gasteiger partial charge on any atom is 0.161 e. The van der Waals surface area contributed by atoms with E-state index in [1.165, 1.54) is 21.5 Å². The van der Waals surface area contributed by atoms with Gasteiger partial charge in [0.2, 0.25) is 0 Å². The van der Waals surface area contributed by atoms with Crippen molar-refractivity contribution in [2.75, 3.05) is 0 Å². The van der Waals surface area contributed by atoms with Gasteiger partial charge in [-0.1, -0.05) is 115 Å². The van der Waals surface area contributed by atoms with Gasteiger partial charge in [-0.15, -0.1) is 0 Å². The minimum atomic E-state index is 0.429. The molecule has 0 bridgehead atoms. The predicted molar refractivity (Wildman–Crippen MR) is 138 cm³/mol. The first-order valence-corrected chi connectivity index (χ1v) is 11.3. The maximum absolute atomic E-state index is 6.43. The topological polar surface area (TPSA) is 25.8 Å². The summed E-state index contributed by atoms with van der Waals surface area (Å²) < 4.78 is 0. The summed E-state index contributed by atoms with van der Waals surface area (Å²) in [5, 5.41) is 5.42. The highest BCUT2D eigenvalue weighted by Crippen LogP contribution is 2.35. The van der Waals surface area contributed by atoms with Crippen LogP contribution in [0.3, 0.4) is 0 Å². The van der Waals surface area contributed by atoms with Crippen LogP contribution in [0.2, 0.25) is 5.15 Å². The van der Waals surface area contributed by atoms with Crippen molar-refractivity contribution in [3.05, 3.63) is 120 Å². The Morgan fingerprint density at radius 2 is 1.18 bits per heavy atom. The molecule has 0 saturated heterocycles. The van der Waals surface area contributed by atoms with Gasteiger partial charge in [-0.2, -0.15) is 0 Å². The summed E-state index contributed by atoms with van der Waals surface area (Å²) in [6.07, 6.45) is 0. The van der Waals surface area contributed by atoms with Crippen LogP contribution in [0.5, 0.6) is 0 Å². The quantitative estimate of drug-likeness (QED) is 0.203. The third-order valence-electron chi connectivity index (χ3n) is 5.99. The van der Waals surface area contributed by atoms with Crippen LogP contribution in [0.4, 0.5) is 0 Å². The number of nitrogens with zero attached hydrogens (tertiary/aromatic N) is 2. The molecule has 3 heteroatoms. The Bertz CT molecular complexity index is 1620. The van der Waals surface area contributed by atoms with E-state index in [9.17, 15) is 0 Å². The van der Waals surface area contributed by atoms with Gasteiger partial charge < -0.3 is 0 Å². The summed E-state index contributed by atoms with van der Waals surface area (Å²) >= 11 is 6.43. The van der Waals surface area contributed by atoms with Crippen molar-refractivity contribution >= 4 is 33.1 Å². The van der Waals surface area contributed by atoms with E-state index in [2.05, 4.69) is 77.8 Å². The molecule has 156 valence electrons. The lowest BCUT2D eigenvalue weighted by Crippen LogP contribution is -1.94. The molecule has 1 aromatic heterocycles. The Hall–Kier alpha value is -4.01. The zero-order chi connectivity index (χ0) is 22.2. The van der Waals surface area contributed by atoms with E-state index in [1.807, 2.05) is 42.5 Å². The van der Waals surface area contributed by atoms with Gasteiger partial charge in [0.05, 0.1) is 5.69 Å². The van der Waals surface area contributed by atoms with Crippen molar-refractivity contribution in [2.24, 2.45) is 0 Å². The Balaban J connectivity index is 1.51. The standard InChI is InChI=1S/C30H19ClN2/c31-29-19-28(32-30(33-29)21-9-2-1-3-10-21)27-13-7-6-12-25(27)23-16-17-26-22(18-23)15-14-20-8-4-5-11-24(20)26/h1-19H. The first kappa shape index (κ1) is 19.7. The Morgan fingerprint density at radius 1 is 0.485 bits per heavy atom. The average Bonchev–Trinajstić information content (AvgIpc) is 2.88. The number of benzene rings is 5. The maximum atomic E-state index is 6.43. The zero-order valence-corrected chi connectivity index (χ0v) is 18.5. The van der Waals surface area contributed by atoms with E-state index < -0.39 is 0 Å². The summed E-state index contributed by atoms with van der Waals surface area (Å²) in [5.74, 6) is 0.623. The minimum absolute atomic E-state index is 0.429. The first-order chi connectivity index (χ1) is 16.3. The number of aromatic nitrogens is 2. The van der Waals surface area contributed by atoms with Crippen molar-refractivity contribution in [1.29, 1.82) is 0 Å². The predicted octanol–water partition coefficient (Wildman–Crippen LogP) is 8.44. The number of hydrogen-bond donors (Lipinski definition) is 0. The van der Waals surface area contributed by atoms with Crippen LogP contribution in [0.15, 0.2) is 115 Å². The van der Waals surface area contributed by atoms with Crippen molar-refractivity contribution in [1.82, 2.24) is 9.97 Å². The van der Waals surface area contributed by atoms with E-state index in [1.54, 1.807) is 0 Å². The van der Waals surface area contributed by atoms with Crippen molar-refractivity contribution in [3.8, 4) is 33.8 Å². The molecule has 0 spiro atoms. The molecular weight excluding hydrogens is 424 g/mol. The second kappa shape index (κ2) is 8.16. The summed E-state index contributed by atoms with van der Waals surface area (Å²) in [6, 6.07) is 39.6. The van der Waals surface area contributed by atoms with Gasteiger partial charge in [-0.05, 0) is 38.7 Å². The number of rotatable bonds is 3. The lowest BCUT2D eigenvalue weighted by molar-refractivity contribution is 1.18. The van der Waals surface area contributed by atoms with Gasteiger partial charge in [-0.25, -0.2) is 9.97 Å². The monoisotopic (exact) mass is 442 g/mol. The fourth-order valence-electron chi connectivity index (χ4n) is 4.41. The average molecular weight is 443 g/mol.